The fraction of sp³-hybridized carbons (Fsp3) is 0.286. The number of hydrogen-bond donors (Lipinski definition) is 0. The van der Waals surface area contributed by atoms with Gasteiger partial charge in [0.1, 0.15) is 5.69 Å². The molecule has 1 heterocycles. The Morgan fingerprint density at radius 1 is 1.29 bits per heavy atom. The van der Waals surface area contributed by atoms with E-state index in [-0.39, 0.29) is 5.56 Å². The fourth-order valence-corrected chi connectivity index (χ4v) is 1.01. The molecule has 1 aromatic rings. The number of aryl methyl sites for hydroxylation is 1. The Hall–Kier alpha value is -1.14. The Morgan fingerprint density at radius 2 is 1.86 bits per heavy atom. The number of nitrogens with zero attached hydrogens (tertiary/aromatic N) is 1. The van der Waals surface area contributed by atoms with Crippen LogP contribution in [-0.4, -0.2) is 12.0 Å². The molecule has 78 valence electrons. The molecule has 0 fully saturated rings. The van der Waals surface area contributed by atoms with Gasteiger partial charge in [0.25, 0.3) is 6.43 Å². The summed E-state index contributed by atoms with van der Waals surface area (Å²) < 4.78 is 60.6. The van der Waals surface area contributed by atoms with E-state index in [1.807, 2.05) is 0 Å². The molecule has 0 aliphatic heterocycles. The molecule has 0 saturated carbocycles. The molecular formula is C7H6BF5N-. The molecular weight excluding hydrogens is 204 g/mol. The first-order chi connectivity index (χ1) is 6.32. The summed E-state index contributed by atoms with van der Waals surface area (Å²) in [5.41, 5.74) is -1.70. The van der Waals surface area contributed by atoms with Gasteiger partial charge in [0.05, 0.1) is 0 Å². The Labute approximate surface area is 77.0 Å². The highest BCUT2D eigenvalue weighted by molar-refractivity contribution is 6.73. The number of pyridine rings is 1. The van der Waals surface area contributed by atoms with Crippen LogP contribution in [0.3, 0.4) is 0 Å². The summed E-state index contributed by atoms with van der Waals surface area (Å²) in [4.78, 5) is 3.09. The molecule has 0 bridgehead atoms. The molecule has 0 aliphatic carbocycles. The van der Waals surface area contributed by atoms with E-state index in [0.717, 1.165) is 0 Å². The highest BCUT2D eigenvalue weighted by atomic mass is 19.4. The number of aromatic nitrogens is 1. The third-order valence-electron chi connectivity index (χ3n) is 1.72. The molecule has 0 atom stereocenters. The number of rotatable bonds is 2. The van der Waals surface area contributed by atoms with Crippen molar-refractivity contribution in [1.82, 2.24) is 4.98 Å². The first-order valence-corrected chi connectivity index (χ1v) is 3.77. The van der Waals surface area contributed by atoms with Crippen LogP contribution in [0.2, 0.25) is 0 Å². The van der Waals surface area contributed by atoms with Gasteiger partial charge in [0.15, 0.2) is 0 Å². The minimum Gasteiger partial charge on any atom is -0.445 e. The summed E-state index contributed by atoms with van der Waals surface area (Å²) in [6.45, 7) is -3.99. The Bertz CT molecular complexity index is 335. The van der Waals surface area contributed by atoms with Gasteiger partial charge in [-0.15, -0.1) is 0 Å². The van der Waals surface area contributed by atoms with Crippen LogP contribution in [0, 0.1) is 6.92 Å². The van der Waals surface area contributed by atoms with Gasteiger partial charge in [0, 0.05) is 6.20 Å². The van der Waals surface area contributed by atoms with Crippen LogP contribution in [0.25, 0.3) is 0 Å². The maximum Gasteiger partial charge on any atom is 0.511 e. The standard InChI is InChI=1S/C7H6BF5N/c1-4-2-5(8(11,12)13)3-14-6(4)7(9)10/h2-3,7H,1H3/q-1. The molecule has 7 heteroatoms. The minimum absolute atomic E-state index is 0.142. The van der Waals surface area contributed by atoms with Crippen molar-refractivity contribution in [1.29, 1.82) is 0 Å². The third kappa shape index (κ3) is 2.21. The van der Waals surface area contributed by atoms with Gasteiger partial charge in [-0.05, 0) is 12.5 Å². The zero-order valence-electron chi connectivity index (χ0n) is 7.15. The lowest BCUT2D eigenvalue weighted by molar-refractivity contribution is 0.145. The average Bonchev–Trinajstić information content (AvgIpc) is 2.01. The summed E-state index contributed by atoms with van der Waals surface area (Å²) in [5.74, 6) is 0. The van der Waals surface area contributed by atoms with Crippen molar-refractivity contribution in [2.45, 2.75) is 13.3 Å². The normalized spacial score (nSPS) is 12.2. The molecule has 1 nitrogen and oxygen atoms in total. The van der Waals surface area contributed by atoms with E-state index < -0.39 is 24.6 Å². The van der Waals surface area contributed by atoms with Crippen molar-refractivity contribution in [2.24, 2.45) is 0 Å². The largest absolute Gasteiger partial charge is 0.511 e. The van der Waals surface area contributed by atoms with Gasteiger partial charge in [-0.2, -0.15) is 0 Å². The van der Waals surface area contributed by atoms with E-state index in [4.69, 9.17) is 0 Å². The van der Waals surface area contributed by atoms with Crippen LogP contribution in [0.15, 0.2) is 12.3 Å². The Balaban J connectivity index is 3.13. The monoisotopic (exact) mass is 210 g/mol. The zero-order chi connectivity index (χ0) is 10.9. The number of hydrogen-bond acceptors (Lipinski definition) is 1. The maximum atomic E-state index is 12.1. The number of alkyl halides is 2. The molecule has 0 unspecified atom stereocenters. The van der Waals surface area contributed by atoms with Crippen molar-refractivity contribution < 1.29 is 21.7 Å². The van der Waals surface area contributed by atoms with Crippen LogP contribution in [0.5, 0.6) is 0 Å². The molecule has 0 radical (unpaired) electrons. The Kier molecular flexibility index (Phi) is 2.77. The predicted molar refractivity (Wildman–Crippen MR) is 42.6 cm³/mol. The van der Waals surface area contributed by atoms with Crippen LogP contribution in [0.4, 0.5) is 21.7 Å². The fourth-order valence-electron chi connectivity index (χ4n) is 1.01. The molecule has 1 rings (SSSR count). The van der Waals surface area contributed by atoms with Crippen molar-refractivity contribution >= 4 is 12.4 Å². The molecule has 14 heavy (non-hydrogen) atoms. The van der Waals surface area contributed by atoms with Gasteiger partial charge in [-0.25, -0.2) is 8.78 Å². The van der Waals surface area contributed by atoms with E-state index in [1.54, 1.807) is 0 Å². The van der Waals surface area contributed by atoms with Gasteiger partial charge in [-0.3, -0.25) is 4.98 Å². The van der Waals surface area contributed by atoms with Crippen LogP contribution in [-0.2, 0) is 0 Å². The second-order valence-corrected chi connectivity index (χ2v) is 2.85. The second kappa shape index (κ2) is 3.55. The average molecular weight is 210 g/mol. The van der Waals surface area contributed by atoms with Gasteiger partial charge >= 0.3 is 6.98 Å². The van der Waals surface area contributed by atoms with Crippen LogP contribution < -0.4 is 5.46 Å². The molecule has 0 N–H and O–H groups in total. The summed E-state index contributed by atoms with van der Waals surface area (Å²) in [7, 11) is 0. The van der Waals surface area contributed by atoms with Gasteiger partial charge < -0.3 is 12.9 Å². The van der Waals surface area contributed by atoms with Crippen molar-refractivity contribution in [2.75, 3.05) is 0 Å². The molecule has 0 spiro atoms. The molecule has 0 amide bonds. The second-order valence-electron chi connectivity index (χ2n) is 2.85. The van der Waals surface area contributed by atoms with Crippen LogP contribution in [0.1, 0.15) is 17.7 Å². The third-order valence-corrected chi connectivity index (χ3v) is 1.72. The topological polar surface area (TPSA) is 12.9 Å². The molecule has 0 saturated heterocycles. The quantitative estimate of drug-likeness (QED) is 0.539. The molecule has 0 aliphatic rings. The van der Waals surface area contributed by atoms with E-state index in [9.17, 15) is 21.7 Å². The van der Waals surface area contributed by atoms with Crippen molar-refractivity contribution in [3.63, 3.8) is 0 Å². The highest BCUT2D eigenvalue weighted by Crippen LogP contribution is 2.20. The van der Waals surface area contributed by atoms with Crippen LogP contribution >= 0.6 is 0 Å². The summed E-state index contributed by atoms with van der Waals surface area (Å²) in [6, 6.07) is 0.689. The van der Waals surface area contributed by atoms with Gasteiger partial charge in [0.2, 0.25) is 0 Å². The van der Waals surface area contributed by atoms with E-state index in [1.165, 1.54) is 6.92 Å². The lowest BCUT2D eigenvalue weighted by Gasteiger charge is -2.15. The van der Waals surface area contributed by atoms with Crippen molar-refractivity contribution in [3.05, 3.63) is 23.5 Å². The zero-order valence-corrected chi connectivity index (χ0v) is 7.15. The van der Waals surface area contributed by atoms with E-state index >= 15 is 0 Å². The Morgan fingerprint density at radius 3 is 2.21 bits per heavy atom. The number of halogens is 5. The smallest absolute Gasteiger partial charge is 0.445 e. The maximum absolute atomic E-state index is 12.1. The molecule has 1 aromatic heterocycles. The lowest BCUT2D eigenvalue weighted by Crippen LogP contribution is -2.34. The van der Waals surface area contributed by atoms with Crippen molar-refractivity contribution in [3.8, 4) is 0 Å². The molecule has 0 aromatic carbocycles. The summed E-state index contributed by atoms with van der Waals surface area (Å²) >= 11 is 0. The van der Waals surface area contributed by atoms with E-state index in [2.05, 4.69) is 4.98 Å². The highest BCUT2D eigenvalue weighted by Gasteiger charge is 2.27. The van der Waals surface area contributed by atoms with E-state index in [0.29, 0.717) is 12.3 Å². The van der Waals surface area contributed by atoms with Gasteiger partial charge in [-0.1, -0.05) is 11.5 Å². The SMILES string of the molecule is Cc1cc([B-](F)(F)F)cnc1C(F)F. The summed E-state index contributed by atoms with van der Waals surface area (Å²) in [5, 5.41) is 0. The minimum atomic E-state index is -5.17. The lowest BCUT2D eigenvalue weighted by atomic mass is 9.80. The first-order valence-electron chi connectivity index (χ1n) is 3.77. The predicted octanol–water partition coefficient (Wildman–Crippen LogP) is 2.38. The first kappa shape index (κ1) is 10.9. The summed E-state index contributed by atoms with van der Waals surface area (Å²) in [6.07, 6.45) is -2.40.